The van der Waals surface area contributed by atoms with Crippen molar-refractivity contribution in [1.29, 1.82) is 0 Å². The third-order valence-electron chi connectivity index (χ3n) is 4.69. The standard InChI is InChI=1S/C24H16Br3NO3S/c25-18-6-1-15(2-7-18)13-28-23(29)22(32-24(28)30)12-17-5-10-21(20(27)11-17)31-14-16-3-8-19(26)9-4-16/h1-12H,13-14H2/b22-12-. The van der Waals surface area contributed by atoms with Crippen molar-refractivity contribution in [3.8, 4) is 5.75 Å². The smallest absolute Gasteiger partial charge is 0.293 e. The van der Waals surface area contributed by atoms with Crippen LogP contribution in [0.25, 0.3) is 6.08 Å². The summed E-state index contributed by atoms with van der Waals surface area (Å²) < 4.78 is 8.64. The lowest BCUT2D eigenvalue weighted by Gasteiger charge is -2.12. The van der Waals surface area contributed by atoms with E-state index >= 15 is 0 Å². The predicted molar refractivity (Wildman–Crippen MR) is 138 cm³/mol. The molecule has 1 heterocycles. The van der Waals surface area contributed by atoms with Gasteiger partial charge in [-0.05, 0) is 86.9 Å². The fourth-order valence-electron chi connectivity index (χ4n) is 3.03. The number of amides is 2. The van der Waals surface area contributed by atoms with Gasteiger partial charge in [-0.2, -0.15) is 0 Å². The summed E-state index contributed by atoms with van der Waals surface area (Å²) >= 11 is 11.3. The normalized spacial score (nSPS) is 15.0. The van der Waals surface area contributed by atoms with E-state index < -0.39 is 0 Å². The van der Waals surface area contributed by atoms with Crippen LogP contribution in [-0.2, 0) is 17.9 Å². The summed E-state index contributed by atoms with van der Waals surface area (Å²) in [4.78, 5) is 26.9. The van der Waals surface area contributed by atoms with Crippen LogP contribution in [0.2, 0.25) is 0 Å². The number of halogens is 3. The molecule has 3 aromatic rings. The molecule has 1 aliphatic heterocycles. The minimum Gasteiger partial charge on any atom is -0.488 e. The first-order chi connectivity index (χ1) is 15.4. The first-order valence-corrected chi connectivity index (χ1v) is 12.8. The molecule has 0 spiro atoms. The molecular formula is C24H16Br3NO3S. The zero-order valence-electron chi connectivity index (χ0n) is 16.6. The van der Waals surface area contributed by atoms with Gasteiger partial charge in [-0.3, -0.25) is 14.5 Å². The fourth-order valence-corrected chi connectivity index (χ4v) is 4.90. The SMILES string of the molecule is O=C1S/C(=C\c2ccc(OCc3ccc(Br)cc3)c(Br)c2)C(=O)N1Cc1ccc(Br)cc1. The number of rotatable bonds is 6. The van der Waals surface area contributed by atoms with E-state index in [1.807, 2.05) is 66.7 Å². The number of nitrogens with zero attached hydrogens (tertiary/aromatic N) is 1. The number of carbonyl (C=O) groups excluding carboxylic acids is 2. The van der Waals surface area contributed by atoms with E-state index in [1.54, 1.807) is 6.08 Å². The van der Waals surface area contributed by atoms with Crippen molar-refractivity contribution in [1.82, 2.24) is 4.90 Å². The first kappa shape index (κ1) is 23.3. The quantitative estimate of drug-likeness (QED) is 0.259. The van der Waals surface area contributed by atoms with Gasteiger partial charge in [-0.25, -0.2) is 0 Å². The minimum absolute atomic E-state index is 0.252. The van der Waals surface area contributed by atoms with Crippen molar-refractivity contribution in [2.45, 2.75) is 13.2 Å². The molecule has 1 aliphatic rings. The maximum Gasteiger partial charge on any atom is 0.293 e. The summed E-state index contributed by atoms with van der Waals surface area (Å²) in [6.45, 7) is 0.696. The predicted octanol–water partition coefficient (Wildman–Crippen LogP) is 7.79. The monoisotopic (exact) mass is 635 g/mol. The average molecular weight is 638 g/mol. The number of carbonyl (C=O) groups is 2. The van der Waals surface area contributed by atoms with E-state index in [1.165, 1.54) is 4.90 Å². The van der Waals surface area contributed by atoms with Crippen LogP contribution in [0.1, 0.15) is 16.7 Å². The maximum atomic E-state index is 12.8. The number of imide groups is 1. The van der Waals surface area contributed by atoms with Crippen molar-refractivity contribution in [2.24, 2.45) is 0 Å². The number of thioether (sulfide) groups is 1. The van der Waals surface area contributed by atoms with Gasteiger partial charge in [0.25, 0.3) is 11.1 Å². The summed E-state index contributed by atoms with van der Waals surface area (Å²) in [6, 6.07) is 21.1. The van der Waals surface area contributed by atoms with Gasteiger partial charge >= 0.3 is 0 Å². The second kappa shape index (κ2) is 10.4. The van der Waals surface area contributed by atoms with Crippen molar-refractivity contribution in [3.05, 3.63) is 102 Å². The van der Waals surface area contributed by atoms with Crippen LogP contribution in [0.3, 0.4) is 0 Å². The molecule has 4 nitrogen and oxygen atoms in total. The lowest BCUT2D eigenvalue weighted by atomic mass is 10.2. The number of benzene rings is 3. The molecule has 0 bridgehead atoms. The highest BCUT2D eigenvalue weighted by molar-refractivity contribution is 9.11. The summed E-state index contributed by atoms with van der Waals surface area (Å²) in [5.41, 5.74) is 2.76. The van der Waals surface area contributed by atoms with E-state index in [0.29, 0.717) is 17.3 Å². The highest BCUT2D eigenvalue weighted by Crippen LogP contribution is 2.35. The minimum atomic E-state index is -0.283. The molecule has 4 rings (SSSR count). The first-order valence-electron chi connectivity index (χ1n) is 9.55. The van der Waals surface area contributed by atoms with Crippen LogP contribution in [0.15, 0.2) is 85.1 Å². The van der Waals surface area contributed by atoms with Gasteiger partial charge in [0.15, 0.2) is 0 Å². The Kier molecular flexibility index (Phi) is 7.55. The van der Waals surface area contributed by atoms with Gasteiger partial charge in [0.1, 0.15) is 12.4 Å². The molecule has 162 valence electrons. The van der Waals surface area contributed by atoms with E-state index in [4.69, 9.17) is 4.74 Å². The van der Waals surface area contributed by atoms with Gasteiger partial charge in [-0.1, -0.05) is 62.2 Å². The average Bonchev–Trinajstić information content (AvgIpc) is 3.03. The molecule has 0 atom stereocenters. The largest absolute Gasteiger partial charge is 0.488 e. The Morgan fingerprint density at radius 3 is 2.09 bits per heavy atom. The highest BCUT2D eigenvalue weighted by Gasteiger charge is 2.35. The van der Waals surface area contributed by atoms with E-state index in [2.05, 4.69) is 47.8 Å². The Labute approximate surface area is 215 Å². The van der Waals surface area contributed by atoms with E-state index in [-0.39, 0.29) is 17.7 Å². The Balaban J connectivity index is 1.44. The van der Waals surface area contributed by atoms with Crippen molar-refractivity contribution < 1.29 is 14.3 Å². The van der Waals surface area contributed by atoms with E-state index in [9.17, 15) is 9.59 Å². The number of hydrogen-bond acceptors (Lipinski definition) is 4. The molecule has 3 aromatic carbocycles. The molecule has 1 saturated heterocycles. The second-order valence-electron chi connectivity index (χ2n) is 7.00. The third kappa shape index (κ3) is 5.73. The molecule has 1 fully saturated rings. The van der Waals surface area contributed by atoms with E-state index in [0.717, 1.165) is 41.9 Å². The van der Waals surface area contributed by atoms with Crippen LogP contribution in [0.4, 0.5) is 4.79 Å². The Morgan fingerprint density at radius 1 is 0.844 bits per heavy atom. The molecule has 0 radical (unpaired) electrons. The Bertz CT molecular complexity index is 1190. The molecule has 0 saturated carbocycles. The summed E-state index contributed by atoms with van der Waals surface area (Å²) in [6.07, 6.45) is 1.73. The van der Waals surface area contributed by atoms with Crippen molar-refractivity contribution >= 4 is 76.8 Å². The Hall–Kier alpha value is -1.87. The molecule has 0 N–H and O–H groups in total. The van der Waals surface area contributed by atoms with Gasteiger partial charge in [0.05, 0.1) is 15.9 Å². The van der Waals surface area contributed by atoms with Crippen LogP contribution >= 0.6 is 59.6 Å². The fraction of sp³-hybridized carbons (Fsp3) is 0.0833. The zero-order valence-corrected chi connectivity index (χ0v) is 22.1. The lowest BCUT2D eigenvalue weighted by molar-refractivity contribution is -0.123. The van der Waals surface area contributed by atoms with Crippen LogP contribution in [0.5, 0.6) is 5.75 Å². The second-order valence-corrected chi connectivity index (χ2v) is 10.7. The molecule has 8 heteroatoms. The Morgan fingerprint density at radius 2 is 1.47 bits per heavy atom. The van der Waals surface area contributed by atoms with Crippen molar-refractivity contribution in [2.75, 3.05) is 0 Å². The molecule has 0 unspecified atom stereocenters. The van der Waals surface area contributed by atoms with Crippen molar-refractivity contribution in [3.63, 3.8) is 0 Å². The van der Waals surface area contributed by atoms with Gasteiger partial charge in [0.2, 0.25) is 0 Å². The molecule has 0 aliphatic carbocycles. The number of hydrogen-bond donors (Lipinski definition) is 0. The molecule has 32 heavy (non-hydrogen) atoms. The van der Waals surface area contributed by atoms with Gasteiger partial charge < -0.3 is 4.74 Å². The molecule has 2 amide bonds. The van der Waals surface area contributed by atoms with Crippen LogP contribution in [0, 0.1) is 0 Å². The summed E-state index contributed by atoms with van der Waals surface area (Å²) in [7, 11) is 0. The van der Waals surface area contributed by atoms with Crippen LogP contribution < -0.4 is 4.74 Å². The summed E-state index contributed by atoms with van der Waals surface area (Å²) in [5, 5.41) is -0.266. The topological polar surface area (TPSA) is 46.6 Å². The number of ether oxygens (including phenoxy) is 1. The van der Waals surface area contributed by atoms with Gasteiger partial charge in [0, 0.05) is 8.95 Å². The lowest BCUT2D eigenvalue weighted by Crippen LogP contribution is -2.27. The third-order valence-corrected chi connectivity index (χ3v) is 7.27. The summed E-state index contributed by atoms with van der Waals surface area (Å²) in [5.74, 6) is 0.419. The molecule has 0 aromatic heterocycles. The highest BCUT2D eigenvalue weighted by atomic mass is 79.9. The van der Waals surface area contributed by atoms with Gasteiger partial charge in [-0.15, -0.1) is 0 Å². The zero-order chi connectivity index (χ0) is 22.7. The van der Waals surface area contributed by atoms with Crippen LogP contribution in [-0.4, -0.2) is 16.0 Å². The molecular weight excluding hydrogens is 622 g/mol. The maximum absolute atomic E-state index is 12.8.